The van der Waals surface area contributed by atoms with E-state index in [1.807, 2.05) is 0 Å². The summed E-state index contributed by atoms with van der Waals surface area (Å²) in [5.74, 6) is 2.58. The first-order valence-electron chi connectivity index (χ1n) is 6.45. The van der Waals surface area contributed by atoms with Gasteiger partial charge in [0.05, 0.1) is 11.7 Å². The fourth-order valence-electron chi connectivity index (χ4n) is 2.50. The molecule has 0 saturated carbocycles. The van der Waals surface area contributed by atoms with Crippen molar-refractivity contribution in [1.82, 2.24) is 0 Å². The molecule has 0 radical (unpaired) electrons. The Kier molecular flexibility index (Phi) is 6.06. The van der Waals surface area contributed by atoms with Crippen molar-refractivity contribution >= 4 is 11.8 Å². The van der Waals surface area contributed by atoms with Crippen molar-refractivity contribution in [2.24, 2.45) is 0 Å². The van der Waals surface area contributed by atoms with Gasteiger partial charge in [-0.2, -0.15) is 11.8 Å². The maximum atomic E-state index is 6.35. The highest BCUT2D eigenvalue weighted by Gasteiger charge is 2.27. The van der Waals surface area contributed by atoms with Crippen LogP contribution in [-0.2, 0) is 4.74 Å². The Hall–Kier alpha value is 0.310. The van der Waals surface area contributed by atoms with Crippen molar-refractivity contribution < 1.29 is 4.74 Å². The van der Waals surface area contributed by atoms with Crippen molar-refractivity contribution in [2.45, 2.75) is 71.0 Å². The highest BCUT2D eigenvalue weighted by molar-refractivity contribution is 7.99. The smallest absolute Gasteiger partial charge is 0.0658 e. The number of ether oxygens (including phenoxy) is 1. The fourth-order valence-corrected chi connectivity index (χ4v) is 3.56. The predicted molar refractivity (Wildman–Crippen MR) is 69.7 cm³/mol. The summed E-state index contributed by atoms with van der Waals surface area (Å²) >= 11 is 2.07. The largest absolute Gasteiger partial charge is 0.372 e. The number of thioether (sulfide) groups is 1. The van der Waals surface area contributed by atoms with E-state index < -0.39 is 0 Å². The van der Waals surface area contributed by atoms with Gasteiger partial charge in [0.2, 0.25) is 0 Å². The van der Waals surface area contributed by atoms with Crippen molar-refractivity contribution in [3.05, 3.63) is 0 Å². The van der Waals surface area contributed by atoms with Gasteiger partial charge in [-0.05, 0) is 44.1 Å². The zero-order chi connectivity index (χ0) is 11.1. The molecule has 1 aliphatic heterocycles. The van der Waals surface area contributed by atoms with Crippen LogP contribution in [0.5, 0.6) is 0 Å². The van der Waals surface area contributed by atoms with Crippen LogP contribution in [0.1, 0.15) is 59.3 Å². The standard InChI is InChI=1S/C13H26OS/c1-4-8-13(3,9-5-2)14-12-6-10-15-11-7-12/h12H,4-11H2,1-3H3. The van der Waals surface area contributed by atoms with E-state index in [1.54, 1.807) is 0 Å². The Morgan fingerprint density at radius 2 is 1.67 bits per heavy atom. The lowest BCUT2D eigenvalue weighted by atomic mass is 9.94. The van der Waals surface area contributed by atoms with E-state index >= 15 is 0 Å². The lowest BCUT2D eigenvalue weighted by molar-refractivity contribution is -0.0951. The van der Waals surface area contributed by atoms with Crippen LogP contribution in [0.15, 0.2) is 0 Å². The minimum absolute atomic E-state index is 0.149. The average Bonchev–Trinajstić information content (AvgIpc) is 2.19. The summed E-state index contributed by atoms with van der Waals surface area (Å²) in [6.07, 6.45) is 7.95. The van der Waals surface area contributed by atoms with Gasteiger partial charge >= 0.3 is 0 Å². The maximum Gasteiger partial charge on any atom is 0.0658 e. The molecular weight excluding hydrogens is 204 g/mol. The quantitative estimate of drug-likeness (QED) is 0.674. The van der Waals surface area contributed by atoms with Crippen molar-refractivity contribution in [3.8, 4) is 0 Å². The second-order valence-electron chi connectivity index (χ2n) is 4.88. The normalized spacial score (nSPS) is 19.4. The summed E-state index contributed by atoms with van der Waals surface area (Å²) in [4.78, 5) is 0. The molecule has 1 rings (SSSR count). The summed E-state index contributed by atoms with van der Waals surface area (Å²) in [5, 5.41) is 0. The minimum Gasteiger partial charge on any atom is -0.372 e. The number of rotatable bonds is 6. The maximum absolute atomic E-state index is 6.35. The molecule has 0 amide bonds. The summed E-state index contributed by atoms with van der Waals surface area (Å²) in [6.45, 7) is 6.82. The number of hydrogen-bond donors (Lipinski definition) is 0. The molecule has 0 N–H and O–H groups in total. The van der Waals surface area contributed by atoms with Gasteiger partial charge < -0.3 is 4.74 Å². The van der Waals surface area contributed by atoms with Crippen LogP contribution < -0.4 is 0 Å². The predicted octanol–water partition coefficient (Wildman–Crippen LogP) is 4.26. The SMILES string of the molecule is CCCC(C)(CCC)OC1CCSCC1. The third-order valence-corrected chi connectivity index (χ3v) is 4.23. The molecule has 1 aliphatic rings. The van der Waals surface area contributed by atoms with Gasteiger partial charge in [-0.15, -0.1) is 0 Å². The first-order valence-corrected chi connectivity index (χ1v) is 7.61. The van der Waals surface area contributed by atoms with E-state index in [-0.39, 0.29) is 5.60 Å². The number of hydrogen-bond acceptors (Lipinski definition) is 2. The Morgan fingerprint density at radius 1 is 1.13 bits per heavy atom. The summed E-state index contributed by atoms with van der Waals surface area (Å²) in [5.41, 5.74) is 0.149. The van der Waals surface area contributed by atoms with Crippen LogP contribution in [0, 0.1) is 0 Å². The van der Waals surface area contributed by atoms with Crippen molar-refractivity contribution in [2.75, 3.05) is 11.5 Å². The molecule has 1 nitrogen and oxygen atoms in total. The Morgan fingerprint density at radius 3 is 2.13 bits per heavy atom. The van der Waals surface area contributed by atoms with Crippen LogP contribution in [-0.4, -0.2) is 23.2 Å². The van der Waals surface area contributed by atoms with Crippen LogP contribution in [0.4, 0.5) is 0 Å². The van der Waals surface area contributed by atoms with Crippen molar-refractivity contribution in [1.29, 1.82) is 0 Å². The van der Waals surface area contributed by atoms with Crippen LogP contribution in [0.2, 0.25) is 0 Å². The molecule has 0 aromatic carbocycles. The van der Waals surface area contributed by atoms with Gasteiger partial charge in [-0.25, -0.2) is 0 Å². The van der Waals surface area contributed by atoms with Crippen LogP contribution in [0.3, 0.4) is 0 Å². The molecule has 1 fully saturated rings. The zero-order valence-corrected chi connectivity index (χ0v) is 11.4. The Labute approximate surface area is 99.3 Å². The first-order chi connectivity index (χ1) is 7.20. The third kappa shape index (κ3) is 4.78. The zero-order valence-electron chi connectivity index (χ0n) is 10.6. The molecule has 0 unspecified atom stereocenters. The van der Waals surface area contributed by atoms with Gasteiger partial charge in [0.25, 0.3) is 0 Å². The molecular formula is C13H26OS. The molecule has 1 saturated heterocycles. The minimum atomic E-state index is 0.149. The van der Waals surface area contributed by atoms with Crippen LogP contribution >= 0.6 is 11.8 Å². The molecule has 15 heavy (non-hydrogen) atoms. The summed E-state index contributed by atoms with van der Waals surface area (Å²) in [7, 11) is 0. The van der Waals surface area contributed by atoms with Gasteiger partial charge in [0.15, 0.2) is 0 Å². The third-order valence-electron chi connectivity index (χ3n) is 3.18. The molecule has 2 heteroatoms. The van der Waals surface area contributed by atoms with E-state index in [9.17, 15) is 0 Å². The molecule has 90 valence electrons. The topological polar surface area (TPSA) is 9.23 Å². The lowest BCUT2D eigenvalue weighted by Gasteiger charge is -2.35. The Bertz CT molecular complexity index is 158. The van der Waals surface area contributed by atoms with E-state index in [0.29, 0.717) is 6.10 Å². The van der Waals surface area contributed by atoms with E-state index in [2.05, 4.69) is 32.5 Å². The second-order valence-corrected chi connectivity index (χ2v) is 6.10. The molecule has 1 heterocycles. The Balaban J connectivity index is 2.40. The molecule has 0 aliphatic carbocycles. The molecule has 0 bridgehead atoms. The van der Waals surface area contributed by atoms with Crippen molar-refractivity contribution in [3.63, 3.8) is 0 Å². The lowest BCUT2D eigenvalue weighted by Crippen LogP contribution is -2.35. The first kappa shape index (κ1) is 13.4. The fraction of sp³-hybridized carbons (Fsp3) is 1.00. The van der Waals surface area contributed by atoms with Gasteiger partial charge in [0.1, 0.15) is 0 Å². The van der Waals surface area contributed by atoms with Gasteiger partial charge in [-0.3, -0.25) is 0 Å². The highest BCUT2D eigenvalue weighted by atomic mass is 32.2. The highest BCUT2D eigenvalue weighted by Crippen LogP contribution is 2.30. The average molecular weight is 230 g/mol. The second kappa shape index (κ2) is 6.80. The van der Waals surface area contributed by atoms with Crippen LogP contribution in [0.25, 0.3) is 0 Å². The molecule has 0 aromatic heterocycles. The van der Waals surface area contributed by atoms with Gasteiger partial charge in [0, 0.05) is 0 Å². The summed E-state index contributed by atoms with van der Waals surface area (Å²) in [6, 6.07) is 0. The molecule has 0 aromatic rings. The van der Waals surface area contributed by atoms with Gasteiger partial charge in [-0.1, -0.05) is 26.7 Å². The van der Waals surface area contributed by atoms with E-state index in [4.69, 9.17) is 4.74 Å². The van der Waals surface area contributed by atoms with E-state index in [0.717, 1.165) is 0 Å². The monoisotopic (exact) mass is 230 g/mol. The molecule has 0 spiro atoms. The van der Waals surface area contributed by atoms with E-state index in [1.165, 1.54) is 50.0 Å². The summed E-state index contributed by atoms with van der Waals surface area (Å²) < 4.78 is 6.35. The molecule has 0 atom stereocenters.